The third kappa shape index (κ3) is 2.39. The molecule has 1 N–H and O–H groups in total. The highest BCUT2D eigenvalue weighted by atomic mass is 16.5. The molecule has 1 fully saturated rings. The van der Waals surface area contributed by atoms with Gasteiger partial charge in [0.05, 0.1) is 5.54 Å². The van der Waals surface area contributed by atoms with Crippen molar-refractivity contribution in [2.75, 3.05) is 6.61 Å². The molecule has 0 aliphatic carbocycles. The Kier molecular flexibility index (Phi) is 2.64. The van der Waals surface area contributed by atoms with Gasteiger partial charge in [0.1, 0.15) is 6.61 Å². The Morgan fingerprint density at radius 3 is 2.75 bits per heavy atom. The summed E-state index contributed by atoms with van der Waals surface area (Å²) >= 11 is 0. The van der Waals surface area contributed by atoms with E-state index in [4.69, 9.17) is 4.74 Å². The number of allylic oxidation sites excluding steroid dienone is 1. The van der Waals surface area contributed by atoms with Gasteiger partial charge in [-0.15, -0.1) is 0 Å². The summed E-state index contributed by atoms with van der Waals surface area (Å²) in [6.07, 6.45) is 4.67. The first kappa shape index (κ1) is 10.7. The SMILES string of the molecule is CC1(C)CO/C(=C/C(=O)c2ccncc2)N1. The minimum absolute atomic E-state index is 0.0809. The maximum Gasteiger partial charge on any atom is 0.191 e. The van der Waals surface area contributed by atoms with Crippen LogP contribution in [0.25, 0.3) is 0 Å². The van der Waals surface area contributed by atoms with Crippen molar-refractivity contribution < 1.29 is 9.53 Å². The molecule has 1 aromatic rings. The van der Waals surface area contributed by atoms with Crippen LogP contribution in [0.2, 0.25) is 0 Å². The molecule has 0 aromatic carbocycles. The van der Waals surface area contributed by atoms with E-state index >= 15 is 0 Å². The number of ketones is 1. The van der Waals surface area contributed by atoms with E-state index in [-0.39, 0.29) is 11.3 Å². The third-order valence-electron chi connectivity index (χ3n) is 2.28. The first-order valence-corrected chi connectivity index (χ1v) is 5.14. The summed E-state index contributed by atoms with van der Waals surface area (Å²) in [5.41, 5.74) is 0.502. The molecule has 0 atom stereocenters. The van der Waals surface area contributed by atoms with Crippen LogP contribution < -0.4 is 5.32 Å². The second-order valence-corrected chi connectivity index (χ2v) is 4.41. The minimum Gasteiger partial charge on any atom is -0.477 e. The van der Waals surface area contributed by atoms with Crippen LogP contribution in [-0.4, -0.2) is 22.9 Å². The molecule has 1 aliphatic rings. The Morgan fingerprint density at radius 2 is 2.19 bits per heavy atom. The van der Waals surface area contributed by atoms with Gasteiger partial charge < -0.3 is 10.1 Å². The van der Waals surface area contributed by atoms with Gasteiger partial charge >= 0.3 is 0 Å². The zero-order valence-corrected chi connectivity index (χ0v) is 9.36. The summed E-state index contributed by atoms with van der Waals surface area (Å²) < 4.78 is 5.37. The molecular weight excluding hydrogens is 204 g/mol. The van der Waals surface area contributed by atoms with Crippen LogP contribution in [0.1, 0.15) is 24.2 Å². The van der Waals surface area contributed by atoms with Crippen LogP contribution in [0.4, 0.5) is 0 Å². The summed E-state index contributed by atoms with van der Waals surface area (Å²) in [5, 5.41) is 3.13. The van der Waals surface area contributed by atoms with Crippen LogP contribution in [0.3, 0.4) is 0 Å². The van der Waals surface area contributed by atoms with Gasteiger partial charge in [0.2, 0.25) is 0 Å². The molecule has 2 heterocycles. The molecule has 4 heteroatoms. The average Bonchev–Trinajstić information content (AvgIpc) is 2.59. The van der Waals surface area contributed by atoms with Crippen LogP contribution in [0.15, 0.2) is 36.5 Å². The van der Waals surface area contributed by atoms with Gasteiger partial charge in [-0.25, -0.2) is 0 Å². The van der Waals surface area contributed by atoms with E-state index in [0.717, 1.165) is 0 Å². The van der Waals surface area contributed by atoms with Gasteiger partial charge in [0.15, 0.2) is 11.7 Å². The highest BCUT2D eigenvalue weighted by Gasteiger charge is 2.27. The van der Waals surface area contributed by atoms with Crippen molar-refractivity contribution in [2.45, 2.75) is 19.4 Å². The molecule has 0 unspecified atom stereocenters. The first-order chi connectivity index (χ1) is 7.57. The topological polar surface area (TPSA) is 51.2 Å². The smallest absolute Gasteiger partial charge is 0.191 e. The van der Waals surface area contributed by atoms with Gasteiger partial charge in [-0.3, -0.25) is 9.78 Å². The fourth-order valence-electron chi connectivity index (χ4n) is 1.46. The normalized spacial score (nSPS) is 20.2. The highest BCUT2D eigenvalue weighted by Crippen LogP contribution is 2.16. The Morgan fingerprint density at radius 1 is 1.50 bits per heavy atom. The van der Waals surface area contributed by atoms with E-state index < -0.39 is 0 Å². The fraction of sp³-hybridized carbons (Fsp3) is 0.333. The number of nitrogens with one attached hydrogen (secondary N) is 1. The fourth-order valence-corrected chi connectivity index (χ4v) is 1.46. The third-order valence-corrected chi connectivity index (χ3v) is 2.28. The first-order valence-electron chi connectivity index (χ1n) is 5.14. The number of nitrogens with zero attached hydrogens (tertiary/aromatic N) is 1. The zero-order valence-electron chi connectivity index (χ0n) is 9.36. The van der Waals surface area contributed by atoms with E-state index in [2.05, 4.69) is 10.3 Å². The van der Waals surface area contributed by atoms with Gasteiger partial charge in [0, 0.05) is 24.0 Å². The monoisotopic (exact) mass is 218 g/mol. The van der Waals surface area contributed by atoms with Crippen LogP contribution in [-0.2, 0) is 4.74 Å². The van der Waals surface area contributed by atoms with Gasteiger partial charge in [-0.1, -0.05) is 0 Å². The van der Waals surface area contributed by atoms with E-state index in [1.54, 1.807) is 24.5 Å². The maximum atomic E-state index is 11.8. The minimum atomic E-state index is -0.107. The van der Waals surface area contributed by atoms with Crippen molar-refractivity contribution >= 4 is 5.78 Å². The number of carbonyl (C=O) groups excluding carboxylic acids is 1. The second kappa shape index (κ2) is 3.96. The predicted molar refractivity (Wildman–Crippen MR) is 59.8 cm³/mol. The molecule has 0 spiro atoms. The number of pyridine rings is 1. The Bertz CT molecular complexity index is 424. The number of rotatable bonds is 2. The molecule has 0 radical (unpaired) electrons. The van der Waals surface area contributed by atoms with Crippen molar-refractivity contribution in [1.29, 1.82) is 0 Å². The molecule has 1 saturated heterocycles. The van der Waals surface area contributed by atoms with E-state index in [0.29, 0.717) is 18.1 Å². The number of hydrogen-bond donors (Lipinski definition) is 1. The summed E-state index contributed by atoms with van der Waals surface area (Å²) in [6, 6.07) is 3.36. The summed E-state index contributed by atoms with van der Waals surface area (Å²) in [7, 11) is 0. The van der Waals surface area contributed by atoms with Gasteiger partial charge in [-0.05, 0) is 26.0 Å². The molecule has 1 aromatic heterocycles. The molecule has 0 saturated carbocycles. The predicted octanol–water partition coefficient (Wildman–Crippen LogP) is 1.50. The average molecular weight is 218 g/mol. The van der Waals surface area contributed by atoms with E-state index in [9.17, 15) is 4.79 Å². The van der Waals surface area contributed by atoms with Crippen molar-refractivity contribution in [3.05, 3.63) is 42.0 Å². The maximum absolute atomic E-state index is 11.8. The number of hydrogen-bond acceptors (Lipinski definition) is 4. The second-order valence-electron chi connectivity index (χ2n) is 4.41. The lowest BCUT2D eigenvalue weighted by molar-refractivity contribution is 0.104. The highest BCUT2D eigenvalue weighted by molar-refractivity contribution is 6.04. The number of aromatic nitrogens is 1. The molecule has 0 bridgehead atoms. The number of carbonyl (C=O) groups is 1. The lowest BCUT2D eigenvalue weighted by Gasteiger charge is -2.13. The lowest BCUT2D eigenvalue weighted by atomic mass is 10.1. The Labute approximate surface area is 94.3 Å². The molecule has 2 rings (SSSR count). The molecule has 16 heavy (non-hydrogen) atoms. The van der Waals surface area contributed by atoms with Crippen molar-refractivity contribution in [3.8, 4) is 0 Å². The molecular formula is C12H14N2O2. The molecule has 0 amide bonds. The van der Waals surface area contributed by atoms with Gasteiger partial charge in [0.25, 0.3) is 0 Å². The summed E-state index contributed by atoms with van der Waals surface area (Å²) in [4.78, 5) is 15.7. The Hall–Kier alpha value is -1.84. The number of ether oxygens (including phenoxy) is 1. The Balaban J connectivity index is 2.11. The standard InChI is InChI=1S/C12H14N2O2/c1-12(2)8-16-11(14-12)7-10(15)9-3-5-13-6-4-9/h3-7,14H,8H2,1-2H3/b11-7+. The molecule has 1 aliphatic heterocycles. The zero-order chi connectivity index (χ0) is 11.6. The molecule has 84 valence electrons. The largest absolute Gasteiger partial charge is 0.477 e. The van der Waals surface area contributed by atoms with Crippen molar-refractivity contribution in [1.82, 2.24) is 10.3 Å². The van der Waals surface area contributed by atoms with Gasteiger partial charge in [-0.2, -0.15) is 0 Å². The summed E-state index contributed by atoms with van der Waals surface area (Å²) in [5.74, 6) is 0.453. The van der Waals surface area contributed by atoms with Crippen molar-refractivity contribution in [3.63, 3.8) is 0 Å². The van der Waals surface area contributed by atoms with Crippen LogP contribution in [0, 0.1) is 0 Å². The van der Waals surface area contributed by atoms with E-state index in [1.807, 2.05) is 13.8 Å². The van der Waals surface area contributed by atoms with Crippen molar-refractivity contribution in [2.24, 2.45) is 0 Å². The lowest BCUT2D eigenvalue weighted by Crippen LogP contribution is -2.34. The quantitative estimate of drug-likeness (QED) is 0.603. The van der Waals surface area contributed by atoms with Crippen LogP contribution in [0.5, 0.6) is 0 Å². The van der Waals surface area contributed by atoms with Crippen LogP contribution >= 0.6 is 0 Å². The summed E-state index contributed by atoms with van der Waals surface area (Å²) in [6.45, 7) is 4.61. The van der Waals surface area contributed by atoms with E-state index in [1.165, 1.54) is 6.08 Å². The molecule has 4 nitrogen and oxygen atoms in total.